The Morgan fingerprint density at radius 1 is 1.14 bits per heavy atom. The van der Waals surface area contributed by atoms with E-state index in [0.29, 0.717) is 0 Å². The van der Waals surface area contributed by atoms with Crippen molar-refractivity contribution in [3.63, 3.8) is 0 Å². The number of anilines is 2. The Balaban J connectivity index is 2.13. The van der Waals surface area contributed by atoms with Crippen molar-refractivity contribution >= 4 is 11.6 Å². The molecule has 0 radical (unpaired) electrons. The van der Waals surface area contributed by atoms with Crippen LogP contribution in [0.25, 0.3) is 0 Å². The molecule has 0 atom stereocenters. The fraction of sp³-hybridized carbons (Fsp3) is 0.438. The Hall–Kier alpha value is -2.17. The van der Waals surface area contributed by atoms with Crippen LogP contribution in [0.4, 0.5) is 11.6 Å². The highest BCUT2D eigenvalue weighted by atomic mass is 15.2. The normalized spacial score (nSPS) is 10.4. The third-order valence-electron chi connectivity index (χ3n) is 3.18. The summed E-state index contributed by atoms with van der Waals surface area (Å²) in [5.74, 6) is 1.70. The molecule has 0 aliphatic carbocycles. The molecular formula is C16H23N5. The Labute approximate surface area is 126 Å². The third-order valence-corrected chi connectivity index (χ3v) is 3.18. The van der Waals surface area contributed by atoms with Gasteiger partial charge in [0.05, 0.1) is 24.6 Å². The zero-order chi connectivity index (χ0) is 15.1. The largest absolute Gasteiger partial charge is 0.369 e. The van der Waals surface area contributed by atoms with Crippen LogP contribution in [0, 0.1) is 6.92 Å². The molecule has 0 bridgehead atoms. The van der Waals surface area contributed by atoms with E-state index in [-0.39, 0.29) is 0 Å². The van der Waals surface area contributed by atoms with Gasteiger partial charge in [-0.1, -0.05) is 13.0 Å². The highest BCUT2D eigenvalue weighted by Gasteiger charge is 2.09. The highest BCUT2D eigenvalue weighted by molar-refractivity contribution is 5.44. The number of rotatable bonds is 7. The van der Waals surface area contributed by atoms with E-state index in [2.05, 4.69) is 39.0 Å². The Bertz CT molecular complexity index is 570. The molecule has 0 aliphatic heterocycles. The monoisotopic (exact) mass is 285 g/mol. The zero-order valence-electron chi connectivity index (χ0n) is 13.0. The van der Waals surface area contributed by atoms with Gasteiger partial charge in [-0.15, -0.1) is 0 Å². The quantitative estimate of drug-likeness (QED) is 0.847. The van der Waals surface area contributed by atoms with Gasteiger partial charge < -0.3 is 10.2 Å². The summed E-state index contributed by atoms with van der Waals surface area (Å²) in [5.41, 5.74) is 2.08. The van der Waals surface area contributed by atoms with E-state index >= 15 is 0 Å². The van der Waals surface area contributed by atoms with Crippen LogP contribution in [0.5, 0.6) is 0 Å². The lowest BCUT2D eigenvalue weighted by atomic mass is 10.3. The maximum absolute atomic E-state index is 4.62. The van der Waals surface area contributed by atoms with E-state index in [1.54, 1.807) is 12.4 Å². The van der Waals surface area contributed by atoms with Gasteiger partial charge in [0.2, 0.25) is 0 Å². The smallest absolute Gasteiger partial charge is 0.149 e. The zero-order valence-corrected chi connectivity index (χ0v) is 13.0. The van der Waals surface area contributed by atoms with Crippen LogP contribution in [0.15, 0.2) is 30.6 Å². The number of hydrogen-bond donors (Lipinski definition) is 1. The summed E-state index contributed by atoms with van der Waals surface area (Å²) in [6, 6.07) is 6.09. The number of nitrogens with zero attached hydrogens (tertiary/aromatic N) is 4. The lowest BCUT2D eigenvalue weighted by molar-refractivity contribution is 0.786. The average Bonchev–Trinajstić information content (AvgIpc) is 2.51. The van der Waals surface area contributed by atoms with Crippen molar-refractivity contribution in [2.75, 3.05) is 23.3 Å². The van der Waals surface area contributed by atoms with E-state index < -0.39 is 0 Å². The lowest BCUT2D eigenvalue weighted by Crippen LogP contribution is -2.24. The second-order valence-corrected chi connectivity index (χ2v) is 4.97. The van der Waals surface area contributed by atoms with Gasteiger partial charge >= 0.3 is 0 Å². The Morgan fingerprint density at radius 2 is 2.00 bits per heavy atom. The molecule has 0 aromatic carbocycles. The SMILES string of the molecule is CCCNc1cncc(N(CC)Cc2cccc(C)n2)n1. The van der Waals surface area contributed by atoms with Gasteiger partial charge in [0.15, 0.2) is 0 Å². The first-order valence-electron chi connectivity index (χ1n) is 7.46. The molecule has 0 aliphatic rings. The number of aryl methyl sites for hydroxylation is 1. The van der Waals surface area contributed by atoms with Crippen LogP contribution in [-0.2, 0) is 6.54 Å². The first kappa shape index (κ1) is 15.2. The van der Waals surface area contributed by atoms with Crippen LogP contribution >= 0.6 is 0 Å². The second-order valence-electron chi connectivity index (χ2n) is 4.97. The third kappa shape index (κ3) is 4.41. The molecule has 0 saturated carbocycles. The van der Waals surface area contributed by atoms with E-state index in [1.807, 2.05) is 25.1 Å². The molecule has 5 nitrogen and oxygen atoms in total. The maximum Gasteiger partial charge on any atom is 0.149 e. The molecule has 2 aromatic heterocycles. The molecule has 0 unspecified atom stereocenters. The molecule has 5 heteroatoms. The molecule has 0 spiro atoms. The van der Waals surface area contributed by atoms with Crippen molar-refractivity contribution in [2.24, 2.45) is 0 Å². The van der Waals surface area contributed by atoms with E-state index in [1.165, 1.54) is 0 Å². The molecule has 0 fully saturated rings. The molecule has 2 rings (SSSR count). The van der Waals surface area contributed by atoms with Crippen LogP contribution in [0.1, 0.15) is 31.7 Å². The average molecular weight is 285 g/mol. The standard InChI is InChI=1S/C16H23N5/c1-4-9-18-15-10-17-11-16(20-15)21(5-2)12-14-8-6-7-13(3)19-14/h6-8,10-11H,4-5,9,12H2,1-3H3,(H,18,20). The maximum atomic E-state index is 4.62. The molecule has 0 saturated heterocycles. The Kier molecular flexibility index (Phi) is 5.49. The van der Waals surface area contributed by atoms with Crippen LogP contribution in [0.2, 0.25) is 0 Å². The molecule has 21 heavy (non-hydrogen) atoms. The van der Waals surface area contributed by atoms with Gasteiger partial charge in [-0.05, 0) is 32.4 Å². The molecule has 112 valence electrons. The topological polar surface area (TPSA) is 53.9 Å². The summed E-state index contributed by atoms with van der Waals surface area (Å²) >= 11 is 0. The van der Waals surface area contributed by atoms with Crippen molar-refractivity contribution in [1.29, 1.82) is 0 Å². The minimum absolute atomic E-state index is 0.740. The van der Waals surface area contributed by atoms with Gasteiger partial charge in [0.25, 0.3) is 0 Å². The summed E-state index contributed by atoms with van der Waals surface area (Å²) in [7, 11) is 0. The Morgan fingerprint density at radius 3 is 2.71 bits per heavy atom. The lowest BCUT2D eigenvalue weighted by Gasteiger charge is -2.21. The first-order chi connectivity index (χ1) is 10.2. The van der Waals surface area contributed by atoms with Gasteiger partial charge in [0, 0.05) is 18.8 Å². The van der Waals surface area contributed by atoms with Gasteiger partial charge in [-0.3, -0.25) is 9.97 Å². The van der Waals surface area contributed by atoms with Crippen LogP contribution in [-0.4, -0.2) is 28.0 Å². The van der Waals surface area contributed by atoms with E-state index in [9.17, 15) is 0 Å². The van der Waals surface area contributed by atoms with Crippen LogP contribution < -0.4 is 10.2 Å². The fourth-order valence-corrected chi connectivity index (χ4v) is 2.08. The van der Waals surface area contributed by atoms with Gasteiger partial charge in [-0.25, -0.2) is 4.98 Å². The minimum Gasteiger partial charge on any atom is -0.369 e. The number of pyridine rings is 1. The van der Waals surface area contributed by atoms with E-state index in [0.717, 1.165) is 49.1 Å². The van der Waals surface area contributed by atoms with E-state index in [4.69, 9.17) is 0 Å². The molecule has 2 heterocycles. The second kappa shape index (κ2) is 7.57. The minimum atomic E-state index is 0.740. The van der Waals surface area contributed by atoms with Gasteiger partial charge in [0.1, 0.15) is 11.6 Å². The fourth-order valence-electron chi connectivity index (χ4n) is 2.08. The van der Waals surface area contributed by atoms with Crippen molar-refractivity contribution in [3.05, 3.63) is 42.0 Å². The molecule has 0 amide bonds. The number of hydrogen-bond acceptors (Lipinski definition) is 5. The molecule has 2 aromatic rings. The number of nitrogens with one attached hydrogen (secondary N) is 1. The summed E-state index contributed by atoms with van der Waals surface area (Å²) in [5, 5.41) is 3.27. The van der Waals surface area contributed by atoms with Crippen molar-refractivity contribution < 1.29 is 0 Å². The van der Waals surface area contributed by atoms with Crippen LogP contribution in [0.3, 0.4) is 0 Å². The van der Waals surface area contributed by atoms with Crippen molar-refractivity contribution in [2.45, 2.75) is 33.7 Å². The first-order valence-corrected chi connectivity index (χ1v) is 7.46. The number of aromatic nitrogens is 3. The summed E-state index contributed by atoms with van der Waals surface area (Å²) in [6.07, 6.45) is 4.63. The van der Waals surface area contributed by atoms with Gasteiger partial charge in [-0.2, -0.15) is 0 Å². The summed E-state index contributed by atoms with van der Waals surface area (Å²) in [4.78, 5) is 15.6. The molecular weight excluding hydrogens is 262 g/mol. The molecule has 1 N–H and O–H groups in total. The summed E-state index contributed by atoms with van der Waals surface area (Å²) < 4.78 is 0. The predicted molar refractivity (Wildman–Crippen MR) is 86.5 cm³/mol. The van der Waals surface area contributed by atoms with Crippen molar-refractivity contribution in [3.8, 4) is 0 Å². The van der Waals surface area contributed by atoms with Crippen molar-refractivity contribution in [1.82, 2.24) is 15.0 Å². The highest BCUT2D eigenvalue weighted by Crippen LogP contribution is 2.15. The predicted octanol–water partition coefficient (Wildman–Crippen LogP) is 3.03. The summed E-state index contributed by atoms with van der Waals surface area (Å²) in [6.45, 7) is 8.76.